The smallest absolute Gasteiger partial charge is 0.303 e. The van der Waals surface area contributed by atoms with Gasteiger partial charge in [0, 0.05) is 6.42 Å². The van der Waals surface area contributed by atoms with E-state index < -0.39 is 17.4 Å². The maximum absolute atomic E-state index is 10.6. The average Bonchev–Trinajstić information content (AvgIpc) is 2.80. The molecule has 0 aliphatic rings. The highest BCUT2D eigenvalue weighted by Gasteiger charge is 2.26. The first-order valence-electron chi connectivity index (χ1n) is 14.1. The summed E-state index contributed by atoms with van der Waals surface area (Å²) in [6.07, 6.45) is 27.3. The number of hydrogen-bond donors (Lipinski definition) is 3. The fourth-order valence-electron chi connectivity index (χ4n) is 3.95. The zero-order valence-electron chi connectivity index (χ0n) is 22.5. The highest BCUT2D eigenvalue weighted by atomic mass is 16.4. The Kier molecular flexibility index (Phi) is 26.3. The summed E-state index contributed by atoms with van der Waals surface area (Å²) in [4.78, 5) is 21.0. The minimum absolute atomic E-state index is 0.346. The largest absolute Gasteiger partial charge is 0.481 e. The number of hydrogen-bond acceptors (Lipinski definition) is 3. The summed E-state index contributed by atoms with van der Waals surface area (Å²) in [6.45, 7) is 5.99. The van der Waals surface area contributed by atoms with Crippen LogP contribution >= 0.6 is 0 Å². The number of unbranched alkanes of at least 4 members (excludes halogenated alkanes) is 18. The van der Waals surface area contributed by atoms with Crippen LogP contribution < -0.4 is 11.5 Å². The lowest BCUT2D eigenvalue weighted by Crippen LogP contribution is -2.50. The summed E-state index contributed by atoms with van der Waals surface area (Å²) in [5.74, 6) is -1.06. The Labute approximate surface area is 205 Å². The van der Waals surface area contributed by atoms with Gasteiger partial charge in [0.1, 0.15) is 0 Å². The number of carboxylic acids is 1. The van der Waals surface area contributed by atoms with E-state index in [2.05, 4.69) is 6.92 Å². The molecule has 0 aromatic carbocycles. The van der Waals surface area contributed by atoms with Crippen LogP contribution in [0.15, 0.2) is 0 Å². The van der Waals surface area contributed by atoms with Crippen LogP contribution in [0.25, 0.3) is 0 Å². The minimum Gasteiger partial charge on any atom is -0.481 e. The molecule has 5 heteroatoms. The van der Waals surface area contributed by atoms with Gasteiger partial charge in [0.15, 0.2) is 0 Å². The minimum atomic E-state index is -0.778. The molecule has 1 amide bonds. The van der Waals surface area contributed by atoms with Gasteiger partial charge in [0.25, 0.3) is 0 Å². The van der Waals surface area contributed by atoms with E-state index in [-0.39, 0.29) is 0 Å². The molecule has 0 saturated heterocycles. The molecular formula is C28H58N2O3. The van der Waals surface area contributed by atoms with Crippen LogP contribution in [-0.2, 0) is 9.59 Å². The molecule has 0 rings (SSSR count). The normalized spacial score (nSPS) is 11.2. The van der Waals surface area contributed by atoms with Crippen molar-refractivity contribution in [3.63, 3.8) is 0 Å². The number of carbonyl (C=O) groups is 2. The van der Waals surface area contributed by atoms with Gasteiger partial charge in [-0.3, -0.25) is 9.59 Å². The Morgan fingerprint density at radius 2 is 0.848 bits per heavy atom. The fraction of sp³-hybridized carbons (Fsp3) is 0.929. The molecule has 5 nitrogen and oxygen atoms in total. The van der Waals surface area contributed by atoms with E-state index in [1.54, 1.807) is 0 Å². The van der Waals surface area contributed by atoms with E-state index >= 15 is 0 Å². The number of aliphatic carboxylic acids is 1. The Hall–Kier alpha value is -1.10. The van der Waals surface area contributed by atoms with Crippen molar-refractivity contribution in [1.29, 1.82) is 0 Å². The molecule has 0 aromatic rings. The first-order chi connectivity index (χ1) is 15.8. The number of nitrogens with two attached hydrogens (primary N) is 2. The molecule has 0 unspecified atom stereocenters. The van der Waals surface area contributed by atoms with Gasteiger partial charge in [-0.2, -0.15) is 0 Å². The van der Waals surface area contributed by atoms with Crippen LogP contribution in [0.1, 0.15) is 162 Å². The lowest BCUT2D eigenvalue weighted by atomic mass is 9.94. The number of amides is 1. The van der Waals surface area contributed by atoms with Gasteiger partial charge < -0.3 is 16.6 Å². The lowest BCUT2D eigenvalue weighted by Gasteiger charge is -2.21. The standard InChI is InChI=1S/C22H44O2.C6H14N2O/c1-2-3-4-5-6-7-8-9-10-11-12-13-14-15-16-17-18-19-20-21-22(23)24;1-3-6(8,4-2)5(7)9/h2-21H2,1H3,(H,23,24);3-4,8H2,1-2H3,(H2,7,9). The summed E-state index contributed by atoms with van der Waals surface area (Å²) < 4.78 is 0. The molecule has 0 radical (unpaired) electrons. The number of rotatable bonds is 23. The summed E-state index contributed by atoms with van der Waals surface area (Å²) in [5.41, 5.74) is 9.82. The van der Waals surface area contributed by atoms with Crippen LogP contribution in [0.4, 0.5) is 0 Å². The Bertz CT molecular complexity index is 437. The van der Waals surface area contributed by atoms with E-state index in [1.165, 1.54) is 109 Å². The third-order valence-corrected chi connectivity index (χ3v) is 6.75. The van der Waals surface area contributed by atoms with Gasteiger partial charge >= 0.3 is 5.97 Å². The topological polar surface area (TPSA) is 106 Å². The molecule has 0 aliphatic carbocycles. The molecule has 0 atom stereocenters. The maximum Gasteiger partial charge on any atom is 0.303 e. The van der Waals surface area contributed by atoms with E-state index in [0.29, 0.717) is 19.3 Å². The van der Waals surface area contributed by atoms with Crippen molar-refractivity contribution in [2.24, 2.45) is 11.5 Å². The van der Waals surface area contributed by atoms with Crippen LogP contribution in [0.5, 0.6) is 0 Å². The van der Waals surface area contributed by atoms with Crippen molar-refractivity contribution in [2.75, 3.05) is 0 Å². The van der Waals surface area contributed by atoms with Crippen molar-refractivity contribution >= 4 is 11.9 Å². The summed E-state index contributed by atoms with van der Waals surface area (Å²) in [6, 6.07) is 0. The molecule has 5 N–H and O–H groups in total. The summed E-state index contributed by atoms with van der Waals surface area (Å²) in [5, 5.41) is 8.56. The zero-order valence-corrected chi connectivity index (χ0v) is 22.5. The van der Waals surface area contributed by atoms with Gasteiger partial charge in [-0.1, -0.05) is 136 Å². The third kappa shape index (κ3) is 25.4. The van der Waals surface area contributed by atoms with Crippen molar-refractivity contribution in [1.82, 2.24) is 0 Å². The fourth-order valence-corrected chi connectivity index (χ4v) is 3.95. The first kappa shape index (κ1) is 34.1. The van der Waals surface area contributed by atoms with Crippen molar-refractivity contribution in [3.8, 4) is 0 Å². The van der Waals surface area contributed by atoms with Gasteiger partial charge in [-0.05, 0) is 19.3 Å². The van der Waals surface area contributed by atoms with Crippen molar-refractivity contribution in [3.05, 3.63) is 0 Å². The second kappa shape index (κ2) is 25.5. The molecule has 0 spiro atoms. The average molecular weight is 471 g/mol. The number of primary amides is 1. The molecule has 33 heavy (non-hydrogen) atoms. The molecule has 0 aliphatic heterocycles. The van der Waals surface area contributed by atoms with E-state index in [1.807, 2.05) is 13.8 Å². The van der Waals surface area contributed by atoms with Gasteiger partial charge in [0.2, 0.25) is 5.91 Å². The first-order valence-corrected chi connectivity index (χ1v) is 14.1. The van der Waals surface area contributed by atoms with Crippen LogP contribution in [0.3, 0.4) is 0 Å². The van der Waals surface area contributed by atoms with Gasteiger partial charge in [-0.25, -0.2) is 0 Å². The SMILES string of the molecule is CCC(N)(CC)C(N)=O.CCCCCCCCCCCCCCCCCCCCCC(=O)O. The second-order valence-corrected chi connectivity index (χ2v) is 9.74. The predicted molar refractivity (Wildman–Crippen MR) is 142 cm³/mol. The predicted octanol–water partition coefficient (Wildman–Crippen LogP) is 7.88. The van der Waals surface area contributed by atoms with Gasteiger partial charge in [0.05, 0.1) is 5.54 Å². The monoisotopic (exact) mass is 470 g/mol. The molecule has 0 fully saturated rings. The van der Waals surface area contributed by atoms with Gasteiger partial charge in [-0.15, -0.1) is 0 Å². The zero-order chi connectivity index (χ0) is 25.2. The molecular weight excluding hydrogens is 412 g/mol. The third-order valence-electron chi connectivity index (χ3n) is 6.75. The molecule has 198 valence electrons. The maximum atomic E-state index is 10.6. The number of carboxylic acid groups (broad SMARTS) is 1. The second-order valence-electron chi connectivity index (χ2n) is 9.74. The van der Waals surface area contributed by atoms with Crippen molar-refractivity contribution < 1.29 is 14.7 Å². The Morgan fingerprint density at radius 3 is 1.03 bits per heavy atom. The van der Waals surface area contributed by atoms with E-state index in [4.69, 9.17) is 16.6 Å². The summed E-state index contributed by atoms with van der Waals surface area (Å²) >= 11 is 0. The van der Waals surface area contributed by atoms with Crippen molar-refractivity contribution in [2.45, 2.75) is 168 Å². The Morgan fingerprint density at radius 1 is 0.576 bits per heavy atom. The van der Waals surface area contributed by atoms with E-state index in [9.17, 15) is 9.59 Å². The number of carbonyl (C=O) groups excluding carboxylic acids is 1. The molecule has 0 heterocycles. The summed E-state index contributed by atoms with van der Waals surface area (Å²) in [7, 11) is 0. The molecule has 0 saturated carbocycles. The highest BCUT2D eigenvalue weighted by Crippen LogP contribution is 2.14. The van der Waals surface area contributed by atoms with Crippen LogP contribution in [0.2, 0.25) is 0 Å². The highest BCUT2D eigenvalue weighted by molar-refractivity contribution is 5.84. The quantitative estimate of drug-likeness (QED) is 0.132. The lowest BCUT2D eigenvalue weighted by molar-refractivity contribution is -0.137. The van der Waals surface area contributed by atoms with Crippen LogP contribution in [0, 0.1) is 0 Å². The molecule has 0 bridgehead atoms. The Balaban J connectivity index is 0. The van der Waals surface area contributed by atoms with Crippen LogP contribution in [-0.4, -0.2) is 22.5 Å². The molecule has 0 aromatic heterocycles. The van der Waals surface area contributed by atoms with E-state index in [0.717, 1.165) is 12.8 Å².